The molecule has 0 aromatic rings. The maximum absolute atomic E-state index is 12.5. The van der Waals surface area contributed by atoms with Crippen LogP contribution in [0.25, 0.3) is 0 Å². The third kappa shape index (κ3) is 1.35. The topological polar surface area (TPSA) is 12.0 Å². The summed E-state index contributed by atoms with van der Waals surface area (Å²) >= 11 is 0. The molecule has 1 saturated heterocycles. The molecule has 0 amide bonds. The van der Waals surface area contributed by atoms with Crippen molar-refractivity contribution in [1.29, 1.82) is 0 Å². The quantitative estimate of drug-likeness (QED) is 0.675. The van der Waals surface area contributed by atoms with Crippen LogP contribution < -0.4 is 5.32 Å². The zero-order chi connectivity index (χ0) is 8.55. The minimum Gasteiger partial charge on any atom is -0.316 e. The molecular formula is C9H15F2N. The number of halogens is 2. The molecule has 70 valence electrons. The average molecular weight is 175 g/mol. The Labute approximate surface area is 71.5 Å². The van der Waals surface area contributed by atoms with Crippen molar-refractivity contribution in [3.63, 3.8) is 0 Å². The van der Waals surface area contributed by atoms with E-state index in [0.717, 1.165) is 6.54 Å². The van der Waals surface area contributed by atoms with Gasteiger partial charge in [0.1, 0.15) is 0 Å². The Bertz CT molecular complexity index is 157. The molecule has 0 bridgehead atoms. The molecule has 1 aliphatic carbocycles. The standard InChI is InChI=1S/C9H15F2N/c10-9(11)8-5-12-4-7(8)6-2-1-3-6/h6-9,12H,1-5H2. The molecular weight excluding hydrogens is 160 g/mol. The summed E-state index contributed by atoms with van der Waals surface area (Å²) in [5.74, 6) is 0.494. The fourth-order valence-electron chi connectivity index (χ4n) is 2.38. The Morgan fingerprint density at radius 2 is 1.92 bits per heavy atom. The van der Waals surface area contributed by atoms with E-state index in [4.69, 9.17) is 0 Å². The normalized spacial score (nSPS) is 37.2. The van der Waals surface area contributed by atoms with Crippen molar-refractivity contribution in [3.8, 4) is 0 Å². The van der Waals surface area contributed by atoms with Crippen molar-refractivity contribution in [3.05, 3.63) is 0 Å². The van der Waals surface area contributed by atoms with E-state index in [9.17, 15) is 8.78 Å². The van der Waals surface area contributed by atoms with Gasteiger partial charge in [0.15, 0.2) is 0 Å². The van der Waals surface area contributed by atoms with Gasteiger partial charge in [0.05, 0.1) is 0 Å². The lowest BCUT2D eigenvalue weighted by Crippen LogP contribution is -2.31. The van der Waals surface area contributed by atoms with E-state index in [1.807, 2.05) is 0 Å². The average Bonchev–Trinajstić information content (AvgIpc) is 2.31. The van der Waals surface area contributed by atoms with Gasteiger partial charge in [-0.2, -0.15) is 0 Å². The first-order chi connectivity index (χ1) is 5.79. The fraction of sp³-hybridized carbons (Fsp3) is 1.00. The van der Waals surface area contributed by atoms with Crippen LogP contribution in [-0.2, 0) is 0 Å². The molecule has 2 rings (SSSR count). The van der Waals surface area contributed by atoms with Crippen molar-refractivity contribution in [2.24, 2.45) is 17.8 Å². The minimum absolute atomic E-state index is 0.263. The highest BCUT2D eigenvalue weighted by molar-refractivity contribution is 4.90. The predicted molar refractivity (Wildman–Crippen MR) is 43.2 cm³/mol. The van der Waals surface area contributed by atoms with Crippen molar-refractivity contribution in [1.82, 2.24) is 5.32 Å². The molecule has 2 atom stereocenters. The van der Waals surface area contributed by atoms with Gasteiger partial charge < -0.3 is 5.32 Å². The SMILES string of the molecule is FC(F)C1CNCC1C1CCC1. The molecule has 0 spiro atoms. The zero-order valence-corrected chi connectivity index (χ0v) is 7.10. The van der Waals surface area contributed by atoms with Crippen LogP contribution >= 0.6 is 0 Å². The Kier molecular flexibility index (Phi) is 2.31. The first-order valence-electron chi connectivity index (χ1n) is 4.78. The van der Waals surface area contributed by atoms with Crippen LogP contribution in [0.3, 0.4) is 0 Å². The molecule has 1 nitrogen and oxygen atoms in total. The maximum atomic E-state index is 12.5. The van der Waals surface area contributed by atoms with E-state index < -0.39 is 6.43 Å². The van der Waals surface area contributed by atoms with Crippen LogP contribution in [0, 0.1) is 17.8 Å². The van der Waals surface area contributed by atoms with Crippen LogP contribution in [0.2, 0.25) is 0 Å². The molecule has 3 heteroatoms. The molecule has 0 aromatic heterocycles. The third-order valence-corrected chi connectivity index (χ3v) is 3.39. The van der Waals surface area contributed by atoms with Crippen LogP contribution in [0.4, 0.5) is 8.78 Å². The van der Waals surface area contributed by atoms with Crippen molar-refractivity contribution in [2.45, 2.75) is 25.7 Å². The lowest BCUT2D eigenvalue weighted by atomic mass is 9.72. The molecule has 2 fully saturated rings. The van der Waals surface area contributed by atoms with Crippen molar-refractivity contribution >= 4 is 0 Å². The lowest BCUT2D eigenvalue weighted by Gasteiger charge is -2.34. The summed E-state index contributed by atoms with van der Waals surface area (Å²) in [5.41, 5.74) is 0. The Hall–Kier alpha value is -0.180. The highest BCUT2D eigenvalue weighted by Crippen LogP contribution is 2.40. The smallest absolute Gasteiger partial charge is 0.242 e. The van der Waals surface area contributed by atoms with Gasteiger partial charge in [0.2, 0.25) is 6.43 Å². The lowest BCUT2D eigenvalue weighted by molar-refractivity contribution is 0.0342. The Morgan fingerprint density at radius 3 is 2.42 bits per heavy atom. The van der Waals surface area contributed by atoms with Gasteiger partial charge >= 0.3 is 0 Å². The second-order valence-corrected chi connectivity index (χ2v) is 4.01. The molecule has 12 heavy (non-hydrogen) atoms. The molecule has 0 radical (unpaired) electrons. The number of rotatable bonds is 2. The molecule has 1 heterocycles. The molecule has 0 aromatic carbocycles. The van der Waals surface area contributed by atoms with E-state index in [1.165, 1.54) is 19.3 Å². The molecule has 1 N–H and O–H groups in total. The molecule has 1 saturated carbocycles. The fourth-order valence-corrected chi connectivity index (χ4v) is 2.38. The van der Waals surface area contributed by atoms with Gasteiger partial charge in [-0.3, -0.25) is 0 Å². The highest BCUT2D eigenvalue weighted by Gasteiger charge is 2.40. The van der Waals surface area contributed by atoms with Crippen LogP contribution in [0.1, 0.15) is 19.3 Å². The summed E-state index contributed by atoms with van der Waals surface area (Å²) in [4.78, 5) is 0. The third-order valence-electron chi connectivity index (χ3n) is 3.39. The highest BCUT2D eigenvalue weighted by atomic mass is 19.3. The monoisotopic (exact) mass is 175 g/mol. The summed E-state index contributed by atoms with van der Waals surface area (Å²) in [5, 5.41) is 3.07. The Morgan fingerprint density at radius 1 is 1.17 bits per heavy atom. The van der Waals surface area contributed by atoms with Gasteiger partial charge in [-0.15, -0.1) is 0 Å². The minimum atomic E-state index is -2.12. The van der Waals surface area contributed by atoms with Crippen LogP contribution in [-0.4, -0.2) is 19.5 Å². The summed E-state index contributed by atoms with van der Waals surface area (Å²) in [6, 6.07) is 0. The summed E-state index contributed by atoms with van der Waals surface area (Å²) in [6.45, 7) is 1.35. The van der Waals surface area contributed by atoms with Gasteiger partial charge in [-0.05, 0) is 18.4 Å². The number of hydrogen-bond acceptors (Lipinski definition) is 1. The van der Waals surface area contributed by atoms with E-state index in [0.29, 0.717) is 12.5 Å². The van der Waals surface area contributed by atoms with Crippen molar-refractivity contribution < 1.29 is 8.78 Å². The molecule has 2 unspecified atom stereocenters. The van der Waals surface area contributed by atoms with Crippen LogP contribution in [0.15, 0.2) is 0 Å². The van der Waals surface area contributed by atoms with E-state index in [-0.39, 0.29) is 11.8 Å². The van der Waals surface area contributed by atoms with Crippen LogP contribution in [0.5, 0.6) is 0 Å². The van der Waals surface area contributed by atoms with Gasteiger partial charge in [0, 0.05) is 12.5 Å². The van der Waals surface area contributed by atoms with E-state index in [2.05, 4.69) is 5.32 Å². The largest absolute Gasteiger partial charge is 0.316 e. The van der Waals surface area contributed by atoms with E-state index in [1.54, 1.807) is 0 Å². The maximum Gasteiger partial charge on any atom is 0.242 e. The van der Waals surface area contributed by atoms with Gasteiger partial charge in [-0.25, -0.2) is 8.78 Å². The molecule has 2 aliphatic rings. The number of hydrogen-bond donors (Lipinski definition) is 1. The Balaban J connectivity index is 1.93. The van der Waals surface area contributed by atoms with Gasteiger partial charge in [-0.1, -0.05) is 19.3 Å². The van der Waals surface area contributed by atoms with E-state index >= 15 is 0 Å². The van der Waals surface area contributed by atoms with Crippen molar-refractivity contribution in [2.75, 3.05) is 13.1 Å². The van der Waals surface area contributed by atoms with Gasteiger partial charge in [0.25, 0.3) is 0 Å². The second-order valence-electron chi connectivity index (χ2n) is 4.01. The summed E-state index contributed by atoms with van der Waals surface area (Å²) in [6.07, 6.45) is 1.48. The first kappa shape index (κ1) is 8.42. The zero-order valence-electron chi connectivity index (χ0n) is 7.10. The molecule has 1 aliphatic heterocycles. The second kappa shape index (κ2) is 3.29. The summed E-state index contributed by atoms with van der Waals surface area (Å²) in [7, 11) is 0. The summed E-state index contributed by atoms with van der Waals surface area (Å²) < 4.78 is 24.9. The number of alkyl halides is 2. The number of nitrogens with one attached hydrogen (secondary N) is 1. The predicted octanol–water partition coefficient (Wildman–Crippen LogP) is 1.89. The first-order valence-corrected chi connectivity index (χ1v) is 4.78.